The van der Waals surface area contributed by atoms with Crippen molar-refractivity contribution < 1.29 is 51.1 Å². The molecule has 14 heteroatoms. The van der Waals surface area contributed by atoms with Crippen LogP contribution in [0.1, 0.15) is 11.1 Å². The van der Waals surface area contributed by atoms with Gasteiger partial charge in [-0.3, -0.25) is 4.90 Å². The molecule has 12 nitrogen and oxygen atoms in total. The molecule has 42 heavy (non-hydrogen) atoms. The number of nitrogens with two attached hydrogens (primary N) is 1. The van der Waals surface area contributed by atoms with Gasteiger partial charge < -0.3 is 56.8 Å². The van der Waals surface area contributed by atoms with E-state index in [1.54, 1.807) is 0 Å². The van der Waals surface area contributed by atoms with Gasteiger partial charge in [-0.25, -0.2) is 0 Å². The van der Waals surface area contributed by atoms with Crippen LogP contribution >= 0.6 is 24.8 Å². The summed E-state index contributed by atoms with van der Waals surface area (Å²) >= 11 is 0. The molecule has 0 radical (unpaired) electrons. The van der Waals surface area contributed by atoms with E-state index in [0.29, 0.717) is 13.0 Å². The monoisotopic (exact) mass is 640 g/mol. The average molecular weight is 642 g/mol. The molecule has 12 N–H and O–H groups in total. The summed E-state index contributed by atoms with van der Waals surface area (Å²) < 4.78 is 0. The second kappa shape index (κ2) is 20.5. The van der Waals surface area contributed by atoms with Crippen molar-refractivity contribution in [1.82, 2.24) is 4.90 Å². The maximum Gasteiger partial charge on any atom is 0.111 e. The van der Waals surface area contributed by atoms with Gasteiger partial charge in [0.05, 0.1) is 25.4 Å². The Kier molecular flexibility index (Phi) is 19.8. The van der Waals surface area contributed by atoms with Crippen LogP contribution in [0.15, 0.2) is 48.5 Å². The quantitative estimate of drug-likeness (QED) is 0.0806. The maximum absolute atomic E-state index is 10.5. The topological polar surface area (TPSA) is 232 Å². The maximum atomic E-state index is 10.5. The SMILES string of the molecule is Cl.Cl.NCCc1ccc(-c2ccc(CCN(C[C@H](O)[C@@H](O)[C@H](O)[C@H](O)CO)C[C@H](O)[C@@H](O)[C@H](O)[C@H](O)CO)cc2)cc1. The first kappa shape index (κ1) is 40.5. The van der Waals surface area contributed by atoms with Crippen molar-refractivity contribution in [3.63, 3.8) is 0 Å². The molecule has 0 saturated carbocycles. The zero-order chi connectivity index (χ0) is 29.8. The molecule has 0 aliphatic heterocycles. The van der Waals surface area contributed by atoms with Gasteiger partial charge in [0, 0.05) is 19.6 Å². The van der Waals surface area contributed by atoms with E-state index in [9.17, 15) is 40.9 Å². The lowest BCUT2D eigenvalue weighted by molar-refractivity contribution is -0.130. The summed E-state index contributed by atoms with van der Waals surface area (Å²) in [5, 5.41) is 98.5. The minimum atomic E-state index is -1.84. The zero-order valence-electron chi connectivity index (χ0n) is 23.2. The number of hydrogen-bond acceptors (Lipinski definition) is 12. The highest BCUT2D eigenvalue weighted by atomic mass is 35.5. The molecule has 0 aliphatic rings. The number of aliphatic hydroxyl groups is 10. The number of aliphatic hydroxyl groups excluding tert-OH is 10. The lowest BCUT2D eigenvalue weighted by Crippen LogP contribution is -2.53. The van der Waals surface area contributed by atoms with Gasteiger partial charge in [-0.05, 0) is 41.6 Å². The lowest BCUT2D eigenvalue weighted by atomic mass is 10.00. The van der Waals surface area contributed by atoms with Gasteiger partial charge in [0.1, 0.15) is 36.6 Å². The summed E-state index contributed by atoms with van der Waals surface area (Å²) in [5.74, 6) is 0. The molecule has 2 rings (SSSR count). The lowest BCUT2D eigenvalue weighted by Gasteiger charge is -2.33. The van der Waals surface area contributed by atoms with Crippen LogP contribution < -0.4 is 5.73 Å². The number of nitrogens with zero attached hydrogens (tertiary/aromatic N) is 1. The Labute approximate surface area is 258 Å². The average Bonchev–Trinajstić information content (AvgIpc) is 2.98. The summed E-state index contributed by atoms with van der Waals surface area (Å²) in [6, 6.07) is 15.8. The summed E-state index contributed by atoms with van der Waals surface area (Å²) in [6.07, 6.45) is -12.7. The summed E-state index contributed by atoms with van der Waals surface area (Å²) in [4.78, 5) is 1.47. The van der Waals surface area contributed by atoms with Gasteiger partial charge in [0.15, 0.2) is 0 Å². The Morgan fingerprint density at radius 3 is 1.19 bits per heavy atom. The Bertz CT molecular complexity index is 946. The Morgan fingerprint density at radius 2 is 0.857 bits per heavy atom. The van der Waals surface area contributed by atoms with Crippen LogP contribution in [0.25, 0.3) is 11.1 Å². The van der Waals surface area contributed by atoms with Crippen LogP contribution in [0.4, 0.5) is 0 Å². The third-order valence-corrected chi connectivity index (χ3v) is 6.93. The Balaban J connectivity index is 0.00000840. The minimum Gasteiger partial charge on any atom is -0.394 e. The van der Waals surface area contributed by atoms with Crippen LogP contribution in [-0.2, 0) is 12.8 Å². The highest BCUT2D eigenvalue weighted by Gasteiger charge is 2.34. The predicted octanol–water partition coefficient (Wildman–Crippen LogP) is -2.59. The van der Waals surface area contributed by atoms with Crippen LogP contribution in [0.5, 0.6) is 0 Å². The fourth-order valence-electron chi connectivity index (χ4n) is 4.31. The van der Waals surface area contributed by atoms with Crippen molar-refractivity contribution in [3.8, 4) is 11.1 Å². The third-order valence-electron chi connectivity index (χ3n) is 6.93. The minimum absolute atomic E-state index is 0. The summed E-state index contributed by atoms with van der Waals surface area (Å²) in [7, 11) is 0. The standard InChI is InChI=1S/C28H44N2O10.2ClH/c29-11-9-17-1-5-19(6-2-17)20-7-3-18(4-8-20)10-12-30(13-21(33)25(37)27(39)23(35)15-31)14-22(34)26(38)28(40)24(36)16-32;;/h1-8,21-28,31-40H,9-16,29H2;2*1H/t21-,22-,23+,24+,25+,26+,27+,28+;;/m0../s1. The van der Waals surface area contributed by atoms with E-state index in [4.69, 9.17) is 15.9 Å². The summed E-state index contributed by atoms with van der Waals surface area (Å²) in [6.45, 7) is -1.51. The molecule has 2 aromatic rings. The Hall–Kier alpha value is -1.46. The molecule has 242 valence electrons. The first-order chi connectivity index (χ1) is 19.0. The highest BCUT2D eigenvalue weighted by Crippen LogP contribution is 2.21. The number of halogens is 2. The molecule has 0 bridgehead atoms. The zero-order valence-corrected chi connectivity index (χ0v) is 24.8. The van der Waals surface area contributed by atoms with E-state index in [1.807, 2.05) is 48.5 Å². The molecule has 0 aromatic heterocycles. The van der Waals surface area contributed by atoms with Gasteiger partial charge in [0.25, 0.3) is 0 Å². The molecule has 0 amide bonds. The third kappa shape index (κ3) is 12.3. The largest absolute Gasteiger partial charge is 0.394 e. The van der Waals surface area contributed by atoms with Crippen LogP contribution in [0, 0.1) is 0 Å². The number of rotatable bonds is 18. The highest BCUT2D eigenvalue weighted by molar-refractivity contribution is 5.85. The first-order valence-corrected chi connectivity index (χ1v) is 13.3. The van der Waals surface area contributed by atoms with Crippen molar-refractivity contribution in [3.05, 3.63) is 59.7 Å². The van der Waals surface area contributed by atoms with Gasteiger partial charge in [-0.2, -0.15) is 0 Å². The van der Waals surface area contributed by atoms with Crippen molar-refractivity contribution in [2.24, 2.45) is 5.73 Å². The molecule has 0 unspecified atom stereocenters. The molecular formula is C28H46Cl2N2O10. The smallest absolute Gasteiger partial charge is 0.111 e. The van der Waals surface area contributed by atoms with E-state index in [1.165, 1.54) is 4.90 Å². The van der Waals surface area contributed by atoms with Crippen LogP contribution in [0.3, 0.4) is 0 Å². The van der Waals surface area contributed by atoms with Crippen LogP contribution in [0.2, 0.25) is 0 Å². The van der Waals surface area contributed by atoms with E-state index >= 15 is 0 Å². The number of hydrogen-bond donors (Lipinski definition) is 11. The first-order valence-electron chi connectivity index (χ1n) is 13.3. The van der Waals surface area contributed by atoms with Crippen molar-refractivity contribution >= 4 is 24.8 Å². The molecule has 0 saturated heterocycles. The Morgan fingerprint density at radius 1 is 0.524 bits per heavy atom. The van der Waals surface area contributed by atoms with E-state index in [2.05, 4.69) is 0 Å². The molecule has 0 fully saturated rings. The molecule has 8 atom stereocenters. The number of benzene rings is 2. The molecule has 2 aromatic carbocycles. The fourth-order valence-corrected chi connectivity index (χ4v) is 4.31. The van der Waals surface area contributed by atoms with Gasteiger partial charge in [-0.15, -0.1) is 24.8 Å². The van der Waals surface area contributed by atoms with Crippen molar-refractivity contribution in [2.75, 3.05) is 39.4 Å². The molecular weight excluding hydrogens is 595 g/mol. The van der Waals surface area contributed by atoms with E-state index < -0.39 is 62.0 Å². The van der Waals surface area contributed by atoms with Crippen molar-refractivity contribution in [1.29, 1.82) is 0 Å². The van der Waals surface area contributed by atoms with Crippen molar-refractivity contribution in [2.45, 2.75) is 61.7 Å². The fraction of sp³-hybridized carbons (Fsp3) is 0.571. The normalized spacial score (nSPS) is 17.2. The van der Waals surface area contributed by atoms with Crippen LogP contribution in [-0.4, -0.2) is 144 Å². The predicted molar refractivity (Wildman–Crippen MR) is 162 cm³/mol. The van der Waals surface area contributed by atoms with Gasteiger partial charge in [-0.1, -0.05) is 48.5 Å². The second-order valence-corrected chi connectivity index (χ2v) is 10.0. The van der Waals surface area contributed by atoms with Gasteiger partial charge in [0.2, 0.25) is 0 Å². The second-order valence-electron chi connectivity index (χ2n) is 10.0. The molecule has 0 spiro atoms. The van der Waals surface area contributed by atoms with E-state index in [0.717, 1.165) is 28.7 Å². The summed E-state index contributed by atoms with van der Waals surface area (Å²) in [5.41, 5.74) is 9.71. The molecule has 0 heterocycles. The molecule has 0 aliphatic carbocycles. The van der Waals surface area contributed by atoms with Gasteiger partial charge >= 0.3 is 0 Å². The van der Waals surface area contributed by atoms with E-state index in [-0.39, 0.29) is 44.4 Å².